The quantitative estimate of drug-likeness (QED) is 0.188. The summed E-state index contributed by atoms with van der Waals surface area (Å²) in [7, 11) is 1.66. The van der Waals surface area contributed by atoms with E-state index in [-0.39, 0.29) is 29.9 Å². The fraction of sp³-hybridized carbons (Fsp3) is 0.652. The van der Waals surface area contributed by atoms with E-state index in [1.807, 2.05) is 18.2 Å². The predicted octanol–water partition coefficient (Wildman–Crippen LogP) is 3.42. The minimum Gasteiger partial charge on any atom is -0.357 e. The summed E-state index contributed by atoms with van der Waals surface area (Å²) in [6, 6.07) is 8.52. The number of hydrogen-bond donors (Lipinski definition) is 3. The molecule has 6 nitrogen and oxygen atoms in total. The van der Waals surface area contributed by atoms with Gasteiger partial charge in [-0.3, -0.25) is 9.79 Å². The van der Waals surface area contributed by atoms with Crippen molar-refractivity contribution in [3.8, 4) is 0 Å². The molecule has 1 aromatic rings. The van der Waals surface area contributed by atoms with Crippen LogP contribution in [0.15, 0.2) is 29.3 Å². The molecule has 3 N–H and O–H groups in total. The lowest BCUT2D eigenvalue weighted by atomic mass is 10.0. The molecule has 0 saturated carbocycles. The van der Waals surface area contributed by atoms with E-state index in [9.17, 15) is 4.79 Å². The van der Waals surface area contributed by atoms with Gasteiger partial charge in [-0.2, -0.15) is 0 Å². The molecule has 1 aromatic carbocycles. The minimum atomic E-state index is -0.0475. The first kappa shape index (κ1) is 26.7. The smallest absolute Gasteiger partial charge is 0.251 e. The lowest BCUT2D eigenvalue weighted by molar-refractivity contribution is 0.0963. The van der Waals surface area contributed by atoms with Crippen molar-refractivity contribution in [2.45, 2.75) is 58.4 Å². The number of nitrogens with one attached hydrogen (secondary N) is 3. The van der Waals surface area contributed by atoms with Crippen LogP contribution in [-0.2, 0) is 6.42 Å². The summed E-state index contributed by atoms with van der Waals surface area (Å²) in [5.74, 6) is 0.829. The fourth-order valence-corrected chi connectivity index (χ4v) is 3.79. The number of amides is 1. The molecule has 0 radical (unpaired) electrons. The molecule has 1 amide bonds. The van der Waals surface area contributed by atoms with Gasteiger partial charge in [0.05, 0.1) is 0 Å². The fourth-order valence-electron chi connectivity index (χ4n) is 3.79. The highest BCUT2D eigenvalue weighted by atomic mass is 127. The molecule has 30 heavy (non-hydrogen) atoms. The van der Waals surface area contributed by atoms with E-state index in [2.05, 4.69) is 40.8 Å². The number of halogens is 1. The van der Waals surface area contributed by atoms with Gasteiger partial charge >= 0.3 is 0 Å². The highest BCUT2D eigenvalue weighted by Crippen LogP contribution is 2.16. The van der Waals surface area contributed by atoms with E-state index in [0.29, 0.717) is 5.56 Å². The molecule has 170 valence electrons. The number of carbonyl (C=O) groups is 1. The summed E-state index contributed by atoms with van der Waals surface area (Å²) in [6.07, 6.45) is 7.26. The van der Waals surface area contributed by atoms with Crippen molar-refractivity contribution >= 4 is 35.8 Å². The molecule has 1 saturated heterocycles. The van der Waals surface area contributed by atoms with Crippen LogP contribution in [0, 0.1) is 0 Å². The minimum absolute atomic E-state index is 0. The van der Waals surface area contributed by atoms with Crippen LogP contribution in [-0.4, -0.2) is 62.6 Å². The van der Waals surface area contributed by atoms with Gasteiger partial charge in [-0.25, -0.2) is 0 Å². The monoisotopic (exact) mass is 529 g/mol. The summed E-state index contributed by atoms with van der Waals surface area (Å²) in [5.41, 5.74) is 1.85. The standard InChI is InChI=1S/C23H39N5O.HI/c1-4-25-23(26-14-6-8-17-28-16-7-5-10-19(28)2)27-15-13-20-11-9-12-21(18-20)22(29)24-3;/h9,11-12,18-19H,4-8,10,13-17H2,1-3H3,(H,24,29)(H2,25,26,27);1H. The third-order valence-electron chi connectivity index (χ3n) is 5.53. The molecule has 1 aliphatic heterocycles. The number of hydrogen-bond acceptors (Lipinski definition) is 3. The second kappa shape index (κ2) is 15.5. The van der Waals surface area contributed by atoms with Crippen molar-refractivity contribution in [1.82, 2.24) is 20.9 Å². The summed E-state index contributed by atoms with van der Waals surface area (Å²) < 4.78 is 0. The van der Waals surface area contributed by atoms with Crippen LogP contribution in [0.3, 0.4) is 0 Å². The summed E-state index contributed by atoms with van der Waals surface area (Å²) in [4.78, 5) is 19.1. The zero-order valence-corrected chi connectivity index (χ0v) is 21.2. The van der Waals surface area contributed by atoms with Crippen molar-refractivity contribution in [2.75, 3.05) is 39.8 Å². The normalized spacial score (nSPS) is 17.2. The Morgan fingerprint density at radius 3 is 2.80 bits per heavy atom. The van der Waals surface area contributed by atoms with Gasteiger partial charge in [0.2, 0.25) is 0 Å². The molecule has 1 aliphatic rings. The van der Waals surface area contributed by atoms with Crippen molar-refractivity contribution in [1.29, 1.82) is 0 Å². The number of likely N-dealkylation sites (tertiary alicyclic amines) is 1. The van der Waals surface area contributed by atoms with Crippen LogP contribution in [0.4, 0.5) is 0 Å². The molecule has 1 fully saturated rings. The Morgan fingerprint density at radius 1 is 1.23 bits per heavy atom. The molecule has 0 aliphatic carbocycles. The Bertz CT molecular complexity index is 652. The number of benzene rings is 1. The average Bonchev–Trinajstić information content (AvgIpc) is 2.74. The molecule has 0 aromatic heterocycles. The molecule has 2 rings (SSSR count). The molecule has 1 atom stereocenters. The van der Waals surface area contributed by atoms with Gasteiger partial charge in [0.15, 0.2) is 5.96 Å². The number of piperidine rings is 1. The van der Waals surface area contributed by atoms with E-state index < -0.39 is 0 Å². The van der Waals surface area contributed by atoms with Gasteiger partial charge < -0.3 is 20.9 Å². The summed E-state index contributed by atoms with van der Waals surface area (Å²) in [5, 5.41) is 9.40. The number of carbonyl (C=O) groups excluding carboxylic acids is 1. The molecular weight excluding hydrogens is 489 g/mol. The van der Waals surface area contributed by atoms with E-state index in [0.717, 1.165) is 50.0 Å². The summed E-state index contributed by atoms with van der Waals surface area (Å²) in [6.45, 7) is 9.38. The molecule has 0 bridgehead atoms. The third-order valence-corrected chi connectivity index (χ3v) is 5.53. The molecule has 1 unspecified atom stereocenters. The van der Waals surface area contributed by atoms with E-state index in [4.69, 9.17) is 4.99 Å². The van der Waals surface area contributed by atoms with Gasteiger partial charge in [-0.15, -0.1) is 24.0 Å². The number of rotatable bonds is 10. The lowest BCUT2D eigenvalue weighted by Crippen LogP contribution is -2.38. The topological polar surface area (TPSA) is 68.8 Å². The van der Waals surface area contributed by atoms with Crippen LogP contribution < -0.4 is 16.0 Å². The van der Waals surface area contributed by atoms with Gasteiger partial charge in [-0.1, -0.05) is 18.6 Å². The van der Waals surface area contributed by atoms with Crippen LogP contribution >= 0.6 is 24.0 Å². The molecule has 0 spiro atoms. The van der Waals surface area contributed by atoms with Crippen molar-refractivity contribution in [2.24, 2.45) is 4.99 Å². The maximum Gasteiger partial charge on any atom is 0.251 e. The van der Waals surface area contributed by atoms with Crippen molar-refractivity contribution in [3.63, 3.8) is 0 Å². The Hall–Kier alpha value is -1.35. The number of aliphatic imine (C=N–C) groups is 1. The highest BCUT2D eigenvalue weighted by molar-refractivity contribution is 14.0. The predicted molar refractivity (Wildman–Crippen MR) is 137 cm³/mol. The number of guanidine groups is 1. The van der Waals surface area contributed by atoms with Crippen LogP contribution in [0.25, 0.3) is 0 Å². The van der Waals surface area contributed by atoms with Crippen LogP contribution in [0.1, 0.15) is 61.9 Å². The van der Waals surface area contributed by atoms with Gasteiger partial charge in [0.25, 0.3) is 5.91 Å². The zero-order valence-electron chi connectivity index (χ0n) is 18.9. The van der Waals surface area contributed by atoms with Gasteiger partial charge in [-0.05, 0) is 76.7 Å². The lowest BCUT2D eigenvalue weighted by Gasteiger charge is -2.33. The van der Waals surface area contributed by atoms with E-state index >= 15 is 0 Å². The average molecular weight is 530 g/mol. The SMILES string of the molecule is CCNC(=NCCCCN1CCCCC1C)NCCc1cccc(C(=O)NC)c1.I. The number of unbranched alkanes of at least 4 members (excludes halogenated alkanes) is 1. The number of nitrogens with zero attached hydrogens (tertiary/aromatic N) is 2. The van der Waals surface area contributed by atoms with E-state index in [1.165, 1.54) is 38.8 Å². The van der Waals surface area contributed by atoms with Crippen molar-refractivity contribution < 1.29 is 4.79 Å². The Balaban J connectivity index is 0.00000450. The maximum absolute atomic E-state index is 11.8. The third kappa shape index (κ3) is 9.64. The van der Waals surface area contributed by atoms with Crippen molar-refractivity contribution in [3.05, 3.63) is 35.4 Å². The zero-order chi connectivity index (χ0) is 20.9. The maximum atomic E-state index is 11.8. The first-order chi connectivity index (χ1) is 14.1. The second-order valence-corrected chi connectivity index (χ2v) is 7.80. The van der Waals surface area contributed by atoms with Crippen LogP contribution in [0.5, 0.6) is 0 Å². The first-order valence-electron chi connectivity index (χ1n) is 11.2. The summed E-state index contributed by atoms with van der Waals surface area (Å²) >= 11 is 0. The Labute approximate surface area is 199 Å². The second-order valence-electron chi connectivity index (χ2n) is 7.80. The van der Waals surface area contributed by atoms with E-state index in [1.54, 1.807) is 7.05 Å². The van der Waals surface area contributed by atoms with Crippen LogP contribution in [0.2, 0.25) is 0 Å². The molecular formula is C23H40IN5O. The van der Waals surface area contributed by atoms with Gasteiger partial charge in [0.1, 0.15) is 0 Å². The molecule has 1 heterocycles. The van der Waals surface area contributed by atoms with Gasteiger partial charge in [0, 0.05) is 38.3 Å². The highest BCUT2D eigenvalue weighted by Gasteiger charge is 2.16. The Kier molecular flexibility index (Phi) is 13.7. The molecule has 7 heteroatoms. The first-order valence-corrected chi connectivity index (χ1v) is 11.2. The largest absolute Gasteiger partial charge is 0.357 e. The Morgan fingerprint density at radius 2 is 2.07 bits per heavy atom.